The Balaban J connectivity index is 1.67. The van der Waals surface area contributed by atoms with Crippen LogP contribution in [0.15, 0.2) is 4.52 Å². The highest BCUT2D eigenvalue weighted by atomic mass is 16.5. The molecule has 3 rings (SSSR count). The highest BCUT2D eigenvalue weighted by Crippen LogP contribution is 2.27. The second-order valence-electron chi connectivity index (χ2n) is 6.82. The van der Waals surface area contributed by atoms with Gasteiger partial charge in [-0.1, -0.05) is 5.16 Å². The predicted octanol–water partition coefficient (Wildman–Crippen LogP) is 0.142. The Bertz CT molecular complexity index is 585. The van der Waals surface area contributed by atoms with Crippen molar-refractivity contribution < 1.29 is 23.9 Å². The van der Waals surface area contributed by atoms with Crippen molar-refractivity contribution in [3.05, 3.63) is 17.0 Å². The molecule has 2 aliphatic heterocycles. The average molecular weight is 353 g/mol. The number of nitrogens with zero attached hydrogens (tertiary/aromatic N) is 3. The molecule has 1 N–H and O–H groups in total. The molecule has 0 aliphatic carbocycles. The van der Waals surface area contributed by atoms with Crippen LogP contribution in [-0.4, -0.2) is 85.6 Å². The lowest BCUT2D eigenvalue weighted by molar-refractivity contribution is 0.0264. The van der Waals surface area contributed by atoms with E-state index in [-0.39, 0.29) is 24.3 Å². The normalized spacial score (nSPS) is 24.8. The van der Waals surface area contributed by atoms with Gasteiger partial charge >= 0.3 is 0 Å². The van der Waals surface area contributed by atoms with Crippen LogP contribution in [0.3, 0.4) is 0 Å². The van der Waals surface area contributed by atoms with E-state index in [0.29, 0.717) is 36.7 Å². The molecule has 8 heteroatoms. The van der Waals surface area contributed by atoms with Crippen LogP contribution in [0.4, 0.5) is 0 Å². The van der Waals surface area contributed by atoms with Crippen LogP contribution in [0.1, 0.15) is 21.8 Å². The summed E-state index contributed by atoms with van der Waals surface area (Å²) >= 11 is 0. The van der Waals surface area contributed by atoms with E-state index >= 15 is 0 Å². The molecule has 140 valence electrons. The second kappa shape index (κ2) is 8.27. The zero-order chi connectivity index (χ0) is 17.8. The Morgan fingerprint density at radius 1 is 1.32 bits per heavy atom. The number of methoxy groups -OCH3 is 1. The zero-order valence-corrected chi connectivity index (χ0v) is 14.9. The summed E-state index contributed by atoms with van der Waals surface area (Å²) in [4.78, 5) is 17.0. The Kier molecular flexibility index (Phi) is 6.06. The van der Waals surface area contributed by atoms with Gasteiger partial charge in [-0.3, -0.25) is 9.69 Å². The van der Waals surface area contributed by atoms with E-state index in [9.17, 15) is 9.90 Å². The fourth-order valence-corrected chi connectivity index (χ4v) is 3.66. The van der Waals surface area contributed by atoms with Gasteiger partial charge in [-0.05, 0) is 12.8 Å². The topological polar surface area (TPSA) is 88.3 Å². The van der Waals surface area contributed by atoms with Crippen molar-refractivity contribution in [3.8, 4) is 0 Å². The molecule has 1 aromatic rings. The number of aliphatic hydroxyl groups is 1. The maximum atomic E-state index is 12.9. The monoisotopic (exact) mass is 353 g/mol. The molecule has 1 amide bonds. The minimum absolute atomic E-state index is 0.0849. The minimum Gasteiger partial charge on any atom is -0.396 e. The number of aliphatic hydroxyl groups excluding tert-OH is 1. The van der Waals surface area contributed by atoms with Gasteiger partial charge in [-0.15, -0.1) is 0 Å². The first kappa shape index (κ1) is 18.3. The first-order chi connectivity index (χ1) is 12.1. The quantitative estimate of drug-likeness (QED) is 0.778. The van der Waals surface area contributed by atoms with Crippen molar-refractivity contribution in [2.24, 2.45) is 11.8 Å². The largest absolute Gasteiger partial charge is 0.396 e. The second-order valence-corrected chi connectivity index (χ2v) is 6.82. The van der Waals surface area contributed by atoms with Gasteiger partial charge in [0.05, 0.1) is 25.4 Å². The summed E-state index contributed by atoms with van der Waals surface area (Å²) in [6, 6.07) is 0. The van der Waals surface area contributed by atoms with Gasteiger partial charge < -0.3 is 24.0 Å². The van der Waals surface area contributed by atoms with Gasteiger partial charge in [0, 0.05) is 52.4 Å². The molecule has 8 nitrogen and oxygen atoms in total. The first-order valence-electron chi connectivity index (χ1n) is 8.78. The number of hydrogen-bond acceptors (Lipinski definition) is 7. The van der Waals surface area contributed by atoms with Crippen LogP contribution < -0.4 is 0 Å². The van der Waals surface area contributed by atoms with Crippen molar-refractivity contribution in [3.63, 3.8) is 0 Å². The molecule has 2 aliphatic rings. The molecule has 0 spiro atoms. The summed E-state index contributed by atoms with van der Waals surface area (Å²) in [7, 11) is 1.58. The summed E-state index contributed by atoms with van der Waals surface area (Å²) in [5, 5.41) is 13.7. The molecule has 0 bridgehead atoms. The molecule has 1 aromatic heterocycles. The molecular formula is C17H27N3O5. The number of carbonyl (C=O) groups is 1. The maximum Gasteiger partial charge on any atom is 0.276 e. The van der Waals surface area contributed by atoms with Crippen molar-refractivity contribution >= 4 is 5.91 Å². The highest BCUT2D eigenvalue weighted by Gasteiger charge is 2.38. The summed E-state index contributed by atoms with van der Waals surface area (Å²) < 4.78 is 15.7. The lowest BCUT2D eigenvalue weighted by Crippen LogP contribution is -2.41. The van der Waals surface area contributed by atoms with Crippen LogP contribution in [0.2, 0.25) is 0 Å². The Morgan fingerprint density at radius 2 is 2.04 bits per heavy atom. The molecule has 0 saturated carbocycles. The third-order valence-electron chi connectivity index (χ3n) is 5.17. The summed E-state index contributed by atoms with van der Waals surface area (Å²) in [6.45, 7) is 7.51. The number of amides is 1. The van der Waals surface area contributed by atoms with Crippen LogP contribution in [-0.2, 0) is 16.1 Å². The van der Waals surface area contributed by atoms with E-state index in [1.165, 1.54) is 0 Å². The number of ether oxygens (including phenoxy) is 2. The Hall–Kier alpha value is -1.48. The number of aromatic nitrogens is 1. The smallest absolute Gasteiger partial charge is 0.276 e. The number of carbonyl (C=O) groups excluding carboxylic acids is 1. The fraction of sp³-hybridized carbons (Fsp3) is 0.765. The Morgan fingerprint density at radius 3 is 2.72 bits per heavy atom. The SMILES string of the molecule is COCc1c(C(=O)N2C[C@@H](CO)[C@@H](CN3CCOCC3)C2)noc1C. The molecule has 2 atom stereocenters. The van der Waals surface area contributed by atoms with Crippen molar-refractivity contribution in [1.82, 2.24) is 15.0 Å². The third kappa shape index (κ3) is 4.03. The van der Waals surface area contributed by atoms with E-state index in [1.54, 1.807) is 18.9 Å². The predicted molar refractivity (Wildman–Crippen MR) is 89.2 cm³/mol. The van der Waals surface area contributed by atoms with Gasteiger partial charge in [0.25, 0.3) is 5.91 Å². The standard InChI is InChI=1S/C17H27N3O5/c1-12-15(11-23-2)16(18-25-12)17(22)20-8-13(14(9-20)10-21)7-19-3-5-24-6-4-19/h13-14,21H,3-11H2,1-2H3/t13-,14-/m0/s1. The number of likely N-dealkylation sites (tertiary alicyclic amines) is 1. The van der Waals surface area contributed by atoms with Crippen LogP contribution in [0.5, 0.6) is 0 Å². The molecule has 0 unspecified atom stereocenters. The number of hydrogen-bond donors (Lipinski definition) is 1. The van der Waals surface area contributed by atoms with E-state index < -0.39 is 0 Å². The van der Waals surface area contributed by atoms with Gasteiger partial charge in [-0.2, -0.15) is 0 Å². The van der Waals surface area contributed by atoms with Gasteiger partial charge in [0.15, 0.2) is 5.69 Å². The van der Waals surface area contributed by atoms with Gasteiger partial charge in [0.2, 0.25) is 0 Å². The van der Waals surface area contributed by atoms with E-state index in [0.717, 1.165) is 32.8 Å². The molecule has 2 saturated heterocycles. The molecule has 2 fully saturated rings. The molecule has 3 heterocycles. The van der Waals surface area contributed by atoms with Crippen molar-refractivity contribution in [1.29, 1.82) is 0 Å². The van der Waals surface area contributed by atoms with E-state index in [2.05, 4.69) is 10.1 Å². The maximum absolute atomic E-state index is 12.9. The number of rotatable bonds is 6. The van der Waals surface area contributed by atoms with E-state index in [4.69, 9.17) is 14.0 Å². The summed E-state index contributed by atoms with van der Waals surface area (Å²) in [5.41, 5.74) is 1.02. The van der Waals surface area contributed by atoms with Gasteiger partial charge in [-0.25, -0.2) is 0 Å². The first-order valence-corrected chi connectivity index (χ1v) is 8.78. The number of aryl methyl sites for hydroxylation is 1. The molecule has 0 aromatic carbocycles. The zero-order valence-electron chi connectivity index (χ0n) is 14.9. The average Bonchev–Trinajstić information content (AvgIpc) is 3.20. The lowest BCUT2D eigenvalue weighted by atomic mass is 9.96. The molecule has 0 radical (unpaired) electrons. The van der Waals surface area contributed by atoms with Crippen molar-refractivity contribution in [2.45, 2.75) is 13.5 Å². The number of morpholine rings is 1. The van der Waals surface area contributed by atoms with Gasteiger partial charge in [0.1, 0.15) is 5.76 Å². The fourth-order valence-electron chi connectivity index (χ4n) is 3.66. The van der Waals surface area contributed by atoms with Crippen LogP contribution in [0, 0.1) is 18.8 Å². The summed E-state index contributed by atoms with van der Waals surface area (Å²) in [6.07, 6.45) is 0. The van der Waals surface area contributed by atoms with Crippen LogP contribution in [0.25, 0.3) is 0 Å². The Labute approximate surface area is 147 Å². The minimum atomic E-state index is -0.146. The van der Waals surface area contributed by atoms with E-state index in [1.807, 2.05) is 0 Å². The molecule has 25 heavy (non-hydrogen) atoms. The molecular weight excluding hydrogens is 326 g/mol. The van der Waals surface area contributed by atoms with Crippen molar-refractivity contribution in [2.75, 3.05) is 59.7 Å². The lowest BCUT2D eigenvalue weighted by Gasteiger charge is -2.30. The highest BCUT2D eigenvalue weighted by molar-refractivity contribution is 5.94. The van der Waals surface area contributed by atoms with Crippen LogP contribution >= 0.6 is 0 Å². The summed E-state index contributed by atoms with van der Waals surface area (Å²) in [5.74, 6) is 0.802. The third-order valence-corrected chi connectivity index (χ3v) is 5.17.